The fourth-order valence-electron chi connectivity index (χ4n) is 3.87. The predicted molar refractivity (Wildman–Crippen MR) is 113 cm³/mol. The molecule has 0 bridgehead atoms. The van der Waals surface area contributed by atoms with E-state index in [1.54, 1.807) is 12.1 Å². The summed E-state index contributed by atoms with van der Waals surface area (Å²) in [5.41, 5.74) is 7.58. The van der Waals surface area contributed by atoms with Crippen LogP contribution in [0, 0.1) is 5.82 Å². The van der Waals surface area contributed by atoms with Gasteiger partial charge in [0, 0.05) is 11.6 Å². The summed E-state index contributed by atoms with van der Waals surface area (Å²) in [5.74, 6) is 0.902. The third-order valence-electron chi connectivity index (χ3n) is 5.35. The lowest BCUT2D eigenvalue weighted by atomic mass is 10.1. The summed E-state index contributed by atoms with van der Waals surface area (Å²) in [7, 11) is 0. The van der Waals surface area contributed by atoms with Crippen LogP contribution in [-0.4, -0.2) is 32.8 Å². The molecule has 3 N–H and O–H groups in total. The van der Waals surface area contributed by atoms with Crippen LogP contribution in [0.4, 0.5) is 10.2 Å². The molecule has 1 fully saturated rings. The minimum Gasteiger partial charge on any atom is -0.457 e. The second kappa shape index (κ2) is 7.72. The van der Waals surface area contributed by atoms with Crippen molar-refractivity contribution in [2.45, 2.75) is 18.9 Å². The second-order valence-electron chi connectivity index (χ2n) is 7.29. The number of halogens is 1. The number of piperidine rings is 1. The number of nitrogens with one attached hydrogen (secondary N) is 1. The van der Waals surface area contributed by atoms with E-state index >= 15 is 4.39 Å². The Morgan fingerprint density at radius 1 is 1.03 bits per heavy atom. The molecule has 0 radical (unpaired) electrons. The van der Waals surface area contributed by atoms with E-state index in [1.165, 1.54) is 12.4 Å². The first-order valence-electron chi connectivity index (χ1n) is 9.93. The van der Waals surface area contributed by atoms with E-state index in [1.807, 2.05) is 35.0 Å². The zero-order valence-corrected chi connectivity index (χ0v) is 16.3. The number of rotatable bonds is 4. The average molecular weight is 404 g/mol. The second-order valence-corrected chi connectivity index (χ2v) is 7.29. The van der Waals surface area contributed by atoms with E-state index in [-0.39, 0.29) is 6.04 Å². The molecule has 1 aliphatic rings. The van der Waals surface area contributed by atoms with Gasteiger partial charge in [-0.15, -0.1) is 0 Å². The molecule has 0 atom stereocenters. The molecule has 0 unspecified atom stereocenters. The molecular weight excluding hydrogens is 383 g/mol. The maximum atomic E-state index is 15.1. The maximum absolute atomic E-state index is 15.1. The number of benzene rings is 2. The van der Waals surface area contributed by atoms with Crippen LogP contribution in [0.15, 0.2) is 54.9 Å². The molecule has 0 spiro atoms. The van der Waals surface area contributed by atoms with Gasteiger partial charge in [-0.05, 0) is 50.2 Å². The monoisotopic (exact) mass is 404 g/mol. The molecule has 0 saturated carbocycles. The van der Waals surface area contributed by atoms with Gasteiger partial charge in [-0.2, -0.15) is 5.10 Å². The number of nitrogens with two attached hydrogens (primary N) is 1. The van der Waals surface area contributed by atoms with Crippen LogP contribution >= 0.6 is 0 Å². The zero-order chi connectivity index (χ0) is 20.5. The van der Waals surface area contributed by atoms with Crippen LogP contribution in [-0.2, 0) is 0 Å². The van der Waals surface area contributed by atoms with Crippen molar-refractivity contribution in [3.63, 3.8) is 0 Å². The summed E-state index contributed by atoms with van der Waals surface area (Å²) in [5, 5.41) is 8.66. The lowest BCUT2D eigenvalue weighted by molar-refractivity contribution is 0.350. The summed E-state index contributed by atoms with van der Waals surface area (Å²) in [6, 6.07) is 14.2. The van der Waals surface area contributed by atoms with E-state index in [2.05, 4.69) is 15.3 Å². The molecule has 0 amide bonds. The van der Waals surface area contributed by atoms with Gasteiger partial charge in [0.15, 0.2) is 5.65 Å². The van der Waals surface area contributed by atoms with Crippen LogP contribution in [0.2, 0.25) is 0 Å². The Bertz CT molecular complexity index is 1190. The van der Waals surface area contributed by atoms with Crippen molar-refractivity contribution >= 4 is 16.9 Å². The van der Waals surface area contributed by atoms with Crippen LogP contribution in [0.3, 0.4) is 0 Å². The number of aromatic nitrogens is 4. The highest BCUT2D eigenvalue weighted by atomic mass is 19.1. The van der Waals surface area contributed by atoms with Crippen molar-refractivity contribution in [1.29, 1.82) is 0 Å². The zero-order valence-electron chi connectivity index (χ0n) is 16.3. The van der Waals surface area contributed by atoms with Crippen LogP contribution in [0.1, 0.15) is 18.9 Å². The predicted octanol–water partition coefficient (Wildman–Crippen LogP) is 3.93. The highest BCUT2D eigenvalue weighted by Crippen LogP contribution is 2.36. The van der Waals surface area contributed by atoms with Crippen molar-refractivity contribution in [1.82, 2.24) is 25.1 Å². The van der Waals surface area contributed by atoms with Gasteiger partial charge in [0.25, 0.3) is 0 Å². The molecular formula is C22H21FN6O. The Hall–Kier alpha value is -3.52. The summed E-state index contributed by atoms with van der Waals surface area (Å²) >= 11 is 0. The summed E-state index contributed by atoms with van der Waals surface area (Å²) in [4.78, 5) is 8.52. The normalized spacial score (nSPS) is 14.8. The third kappa shape index (κ3) is 3.35. The highest BCUT2D eigenvalue weighted by Gasteiger charge is 2.24. The Kier molecular flexibility index (Phi) is 4.76. The SMILES string of the molecule is Nc1ncnc2c1c(-c1ccc(Oc3ccccc3)cc1F)nn2C1CCNCC1. The molecule has 7 nitrogen and oxygen atoms in total. The molecule has 1 saturated heterocycles. The number of nitrogens with zero attached hydrogens (tertiary/aromatic N) is 4. The number of hydrogen-bond acceptors (Lipinski definition) is 6. The molecule has 0 aliphatic carbocycles. The first-order chi connectivity index (χ1) is 14.7. The number of nitrogen functional groups attached to an aromatic ring is 1. The number of anilines is 1. The number of para-hydroxylation sites is 1. The van der Waals surface area contributed by atoms with Crippen LogP contribution in [0.5, 0.6) is 11.5 Å². The molecule has 5 rings (SSSR count). The molecule has 2 aromatic heterocycles. The summed E-state index contributed by atoms with van der Waals surface area (Å²) < 4.78 is 22.7. The first kappa shape index (κ1) is 18.5. The molecule has 152 valence electrons. The summed E-state index contributed by atoms with van der Waals surface area (Å²) in [6.45, 7) is 1.81. The molecule has 1 aliphatic heterocycles. The van der Waals surface area contributed by atoms with E-state index in [4.69, 9.17) is 15.6 Å². The topological polar surface area (TPSA) is 90.9 Å². The molecule has 4 aromatic rings. The number of ether oxygens (including phenoxy) is 1. The van der Waals surface area contributed by atoms with Crippen molar-refractivity contribution in [3.05, 3.63) is 60.7 Å². The summed E-state index contributed by atoms with van der Waals surface area (Å²) in [6.07, 6.45) is 3.27. The van der Waals surface area contributed by atoms with Gasteiger partial charge in [-0.25, -0.2) is 19.0 Å². The quantitative estimate of drug-likeness (QED) is 0.536. The van der Waals surface area contributed by atoms with Gasteiger partial charge in [0.05, 0.1) is 11.4 Å². The minimum absolute atomic E-state index is 0.181. The highest BCUT2D eigenvalue weighted by molar-refractivity contribution is 5.98. The maximum Gasteiger partial charge on any atom is 0.164 e. The molecule has 2 aromatic carbocycles. The molecule has 30 heavy (non-hydrogen) atoms. The lowest BCUT2D eigenvalue weighted by Crippen LogP contribution is -2.30. The van der Waals surface area contributed by atoms with E-state index in [0.29, 0.717) is 39.6 Å². The largest absolute Gasteiger partial charge is 0.457 e. The fourth-order valence-corrected chi connectivity index (χ4v) is 3.87. The van der Waals surface area contributed by atoms with Crippen LogP contribution in [0.25, 0.3) is 22.3 Å². The Labute approximate surface area is 172 Å². The smallest absolute Gasteiger partial charge is 0.164 e. The van der Waals surface area contributed by atoms with Gasteiger partial charge in [0.1, 0.15) is 35.2 Å². The third-order valence-corrected chi connectivity index (χ3v) is 5.35. The Morgan fingerprint density at radius 3 is 2.60 bits per heavy atom. The van der Waals surface area contributed by atoms with E-state index in [0.717, 1.165) is 25.9 Å². The first-order valence-corrected chi connectivity index (χ1v) is 9.93. The Balaban J connectivity index is 1.57. The van der Waals surface area contributed by atoms with Gasteiger partial charge < -0.3 is 15.8 Å². The minimum atomic E-state index is -0.441. The number of hydrogen-bond donors (Lipinski definition) is 2. The lowest BCUT2D eigenvalue weighted by Gasteiger charge is -2.23. The van der Waals surface area contributed by atoms with E-state index < -0.39 is 5.82 Å². The van der Waals surface area contributed by atoms with Gasteiger partial charge >= 0.3 is 0 Å². The van der Waals surface area contributed by atoms with Gasteiger partial charge in [-0.3, -0.25) is 0 Å². The van der Waals surface area contributed by atoms with Gasteiger partial charge in [0.2, 0.25) is 0 Å². The van der Waals surface area contributed by atoms with Crippen molar-refractivity contribution in [2.24, 2.45) is 0 Å². The van der Waals surface area contributed by atoms with Crippen LogP contribution < -0.4 is 15.8 Å². The Morgan fingerprint density at radius 2 is 1.83 bits per heavy atom. The van der Waals surface area contributed by atoms with Crippen molar-refractivity contribution < 1.29 is 9.13 Å². The standard InChI is InChI=1S/C22H21FN6O/c23-18-12-16(30-15-4-2-1-3-5-15)6-7-17(18)20-19-21(24)26-13-27-22(19)29(28-20)14-8-10-25-11-9-14/h1-7,12-14,25H,8-11H2,(H2,24,26,27). The van der Waals surface area contributed by atoms with Crippen molar-refractivity contribution in [3.8, 4) is 22.8 Å². The molecule has 8 heteroatoms. The molecule has 3 heterocycles. The number of fused-ring (bicyclic) bond motifs is 1. The fraction of sp³-hybridized carbons (Fsp3) is 0.227. The van der Waals surface area contributed by atoms with Crippen molar-refractivity contribution in [2.75, 3.05) is 18.8 Å². The average Bonchev–Trinajstić information content (AvgIpc) is 3.16. The van der Waals surface area contributed by atoms with E-state index in [9.17, 15) is 0 Å². The van der Waals surface area contributed by atoms with Gasteiger partial charge in [-0.1, -0.05) is 18.2 Å².